The molecule has 6 aliphatic heterocycles. The second-order valence-electron chi connectivity index (χ2n) is 32.4. The number of carbonyl (C=O) groups excluding carboxylic acids is 3. The first kappa shape index (κ1) is 103. The molecule has 0 aromatic carbocycles. The van der Waals surface area contributed by atoms with Crippen molar-refractivity contribution < 1.29 is 158 Å². The van der Waals surface area contributed by atoms with Crippen molar-refractivity contribution in [2.45, 2.75) is 436 Å². The van der Waals surface area contributed by atoms with Gasteiger partial charge in [-0.2, -0.15) is 0 Å². The number of nitrogens with one attached hydrogen (secondary N) is 3. The van der Waals surface area contributed by atoms with Gasteiger partial charge in [0, 0.05) is 20.3 Å². The molecular weight excluding hydrogens is 1540 g/mol. The lowest BCUT2D eigenvalue weighted by atomic mass is 9.93. The Morgan fingerprint density at radius 1 is 0.350 bits per heavy atom. The number of allylic oxidation sites excluding steroid dienone is 3. The third kappa shape index (κ3) is 32.7. The van der Waals surface area contributed by atoms with Crippen LogP contribution in [-0.4, -0.2) is 340 Å². The van der Waals surface area contributed by atoms with E-state index in [2.05, 4.69) is 41.9 Å². The van der Waals surface area contributed by atoms with Crippen molar-refractivity contribution in [1.29, 1.82) is 0 Å². The van der Waals surface area contributed by atoms with Crippen molar-refractivity contribution in [2.24, 2.45) is 0 Å². The van der Waals surface area contributed by atoms with Gasteiger partial charge >= 0.3 is 0 Å². The molecule has 6 rings (SSSR count). The summed E-state index contributed by atoms with van der Waals surface area (Å²) in [6.45, 7) is 2.27. The summed E-state index contributed by atoms with van der Waals surface area (Å²) in [6.07, 6.45) is -11.3. The van der Waals surface area contributed by atoms with Gasteiger partial charge in [0.2, 0.25) is 17.7 Å². The maximum atomic E-state index is 13.6. The Hall–Kier alpha value is -3.27. The van der Waals surface area contributed by atoms with E-state index >= 15 is 0 Å². The Kier molecular flexibility index (Phi) is 48.9. The van der Waals surface area contributed by atoms with Crippen LogP contribution in [0.2, 0.25) is 0 Å². The van der Waals surface area contributed by atoms with E-state index in [4.69, 9.17) is 56.8 Å². The van der Waals surface area contributed by atoms with Crippen LogP contribution in [0.15, 0.2) is 24.3 Å². The van der Waals surface area contributed by atoms with Gasteiger partial charge in [-0.15, -0.1) is 0 Å². The topological polar surface area (TPSA) is 542 Å². The van der Waals surface area contributed by atoms with Gasteiger partial charge in [0.05, 0.1) is 57.9 Å². The zero-order valence-corrected chi connectivity index (χ0v) is 69.4. The van der Waals surface area contributed by atoms with Crippen LogP contribution in [0.1, 0.15) is 240 Å². The largest absolute Gasteiger partial charge is 0.394 e. The molecule has 35 heteroatoms. The minimum Gasteiger partial charge on any atom is -0.394 e. The maximum absolute atomic E-state index is 13.6. The van der Waals surface area contributed by atoms with E-state index < -0.39 is 248 Å². The minimum absolute atomic E-state index is 0.164. The van der Waals surface area contributed by atoms with E-state index in [1.807, 2.05) is 6.08 Å². The lowest BCUT2D eigenvalue weighted by Crippen LogP contribution is -2.71. The van der Waals surface area contributed by atoms with E-state index in [0.29, 0.717) is 12.8 Å². The molecular formula is C82H147N3O32. The van der Waals surface area contributed by atoms with Gasteiger partial charge in [-0.25, -0.2) is 0 Å². The van der Waals surface area contributed by atoms with E-state index in [1.54, 1.807) is 6.08 Å². The molecule has 0 spiro atoms. The third-order valence-electron chi connectivity index (χ3n) is 22.8. The van der Waals surface area contributed by atoms with Crippen molar-refractivity contribution in [3.05, 3.63) is 24.3 Å². The summed E-state index contributed by atoms with van der Waals surface area (Å²) < 4.78 is 72.5. The highest BCUT2D eigenvalue weighted by Crippen LogP contribution is 2.39. The lowest BCUT2D eigenvalue weighted by molar-refractivity contribution is -0.395. The number of amides is 3. The first-order valence-electron chi connectivity index (χ1n) is 43.5. The van der Waals surface area contributed by atoms with Crippen molar-refractivity contribution in [3.63, 3.8) is 0 Å². The Balaban J connectivity index is 1.13. The smallest absolute Gasteiger partial charge is 0.220 e. The van der Waals surface area contributed by atoms with Gasteiger partial charge in [-0.05, 0) is 51.9 Å². The summed E-state index contributed by atoms with van der Waals surface area (Å²) in [5.41, 5.74) is 0. The number of unbranched alkanes of at least 4 members (excludes halogenated alkanes) is 28. The highest BCUT2D eigenvalue weighted by molar-refractivity contribution is 5.76. The van der Waals surface area contributed by atoms with Crippen molar-refractivity contribution in [3.8, 4) is 0 Å². The molecule has 6 fully saturated rings. The van der Waals surface area contributed by atoms with E-state index in [-0.39, 0.29) is 12.3 Å². The first-order valence-corrected chi connectivity index (χ1v) is 43.5. The molecule has 6 heterocycles. The number of ether oxygens (including phenoxy) is 12. The molecule has 20 N–H and O–H groups in total. The highest BCUT2D eigenvalue weighted by Gasteiger charge is 2.59. The minimum atomic E-state index is -2.26. The van der Waals surface area contributed by atoms with Gasteiger partial charge < -0.3 is 160 Å². The fourth-order valence-electron chi connectivity index (χ4n) is 15.8. The van der Waals surface area contributed by atoms with Crippen LogP contribution in [-0.2, 0) is 71.2 Å². The molecule has 0 aliphatic carbocycles. The van der Waals surface area contributed by atoms with Gasteiger partial charge in [-0.1, -0.05) is 192 Å². The second kappa shape index (κ2) is 55.9. The summed E-state index contributed by atoms with van der Waals surface area (Å²) in [6, 6.07) is -4.62. The monoisotopic (exact) mass is 1690 g/mol. The maximum Gasteiger partial charge on any atom is 0.220 e. The number of carbonyl (C=O) groups is 3. The molecule has 0 aromatic heterocycles. The van der Waals surface area contributed by atoms with Gasteiger partial charge in [-0.3, -0.25) is 14.4 Å². The Labute approximate surface area is 689 Å². The van der Waals surface area contributed by atoms with Crippen LogP contribution >= 0.6 is 0 Å². The Morgan fingerprint density at radius 2 is 0.709 bits per heavy atom. The Morgan fingerprint density at radius 3 is 1.18 bits per heavy atom. The molecule has 0 saturated carbocycles. The summed E-state index contributed by atoms with van der Waals surface area (Å²) >= 11 is 0. The first-order chi connectivity index (χ1) is 56.3. The fraction of sp³-hybridized carbons (Fsp3) is 0.915. The van der Waals surface area contributed by atoms with E-state index in [1.165, 1.54) is 135 Å². The number of aliphatic hydroxyl groups is 17. The number of hydrogen-bond donors (Lipinski definition) is 20. The summed E-state index contributed by atoms with van der Waals surface area (Å²) in [5, 5.41) is 199. The SMILES string of the molecule is CCCCCCCC/C=C\CCCCCCCCCCCCCC(=O)N[C@@H](CO[C@@H]1OC(CO)[C@@H](O[C@@H]2OC(CO)[C@H](O)[C@H](O[C@@H]3OC(CO)[C@@H](O[C@@H]4OC(CO)[C@H](O)[C@H](O[C@@H]5OC(CO)[C@@H](O)[C@H](O)C5NC(C)=O)C4O)[C@H](O[C@H]4OC(C)[C@@H](O)C(O)[C@@H]4O)C3NC(C)=O)C2O)[C@H](O)C1O)[C@H](O)/C=C/CCCCCCCCCCCCC. The molecule has 0 aromatic rings. The molecule has 6 saturated heterocycles. The molecule has 0 radical (unpaired) electrons. The predicted octanol–water partition coefficient (Wildman–Crippen LogP) is 0.720. The second-order valence-corrected chi connectivity index (χ2v) is 32.4. The van der Waals surface area contributed by atoms with Gasteiger partial charge in [0.25, 0.3) is 0 Å². The number of rotatable bonds is 56. The molecule has 117 heavy (non-hydrogen) atoms. The fourth-order valence-corrected chi connectivity index (χ4v) is 15.8. The molecule has 12 unspecified atom stereocenters. The quantitative estimate of drug-likeness (QED) is 0.0295. The van der Waals surface area contributed by atoms with Crippen LogP contribution in [0.25, 0.3) is 0 Å². The summed E-state index contributed by atoms with van der Waals surface area (Å²) in [4.78, 5) is 39.4. The third-order valence-corrected chi connectivity index (χ3v) is 22.8. The predicted molar refractivity (Wildman–Crippen MR) is 420 cm³/mol. The van der Waals surface area contributed by atoms with Crippen molar-refractivity contribution in [1.82, 2.24) is 16.0 Å². The van der Waals surface area contributed by atoms with Crippen LogP contribution in [0.3, 0.4) is 0 Å². The normalized spacial score (nSPS) is 36.2. The van der Waals surface area contributed by atoms with Gasteiger partial charge in [0.15, 0.2) is 37.7 Å². The molecule has 32 atom stereocenters. The van der Waals surface area contributed by atoms with Crippen molar-refractivity contribution >= 4 is 17.7 Å². The zero-order valence-electron chi connectivity index (χ0n) is 69.4. The van der Waals surface area contributed by atoms with Crippen LogP contribution < -0.4 is 16.0 Å². The van der Waals surface area contributed by atoms with Crippen LogP contribution in [0.5, 0.6) is 0 Å². The van der Waals surface area contributed by atoms with E-state index in [9.17, 15) is 101 Å². The molecule has 682 valence electrons. The lowest BCUT2D eigenvalue weighted by Gasteiger charge is -2.52. The van der Waals surface area contributed by atoms with Gasteiger partial charge in [0.1, 0.15) is 140 Å². The van der Waals surface area contributed by atoms with Crippen LogP contribution in [0.4, 0.5) is 0 Å². The molecule has 3 amide bonds. The highest BCUT2D eigenvalue weighted by atomic mass is 16.8. The van der Waals surface area contributed by atoms with Crippen molar-refractivity contribution in [2.75, 3.05) is 39.6 Å². The number of aliphatic hydroxyl groups excluding tert-OH is 17. The van der Waals surface area contributed by atoms with E-state index in [0.717, 1.165) is 71.6 Å². The molecule has 6 aliphatic rings. The summed E-state index contributed by atoms with van der Waals surface area (Å²) in [7, 11) is 0. The zero-order chi connectivity index (χ0) is 85.5. The standard InChI is InChI=1S/C82H147N3O32/c1-6-8-10-12-14-16-18-20-21-22-23-24-25-26-27-29-31-33-35-37-39-41-58(94)85-51(52(93)40-38-36-34-32-30-28-19-17-15-13-11-9-7-2)47-106-79-69(103)67(101)72(56(45-89)112-79)113-81-70(104)76(64(98)54(43-87)109-81)117-78-60(84-50(5)92)74(115-80-68(102)66(100)61(95)48(3)107-80)73(57(46-90)111-78)114-82-71(105)75(63(97)55(44-88)110-82)116-77-59(83-49(4)91)65(99)62(96)53(42-86)108-77/h20-21,38,40,48,51-57,59-82,86-90,93,95-105H,6-19,22-37,39,41-47H2,1-5H3,(H,83,91)(H,84,92)(H,85,94)/b21-20-,40-38+/t48?,51-,52+,53?,54?,55?,56?,57?,59?,60?,61+,62+,63-,64-,65+,66?,67+,68-,69?,70?,71?,72+,73+,74+,75-,76-,77-,78-,79+,80+,81-,82-/m0/s1. The Bertz CT molecular complexity index is 2740. The summed E-state index contributed by atoms with van der Waals surface area (Å²) in [5.74, 6) is -2.03. The molecule has 0 bridgehead atoms. The average Bonchev–Trinajstić information content (AvgIpc) is 0.760. The van der Waals surface area contributed by atoms with Crippen LogP contribution in [0, 0.1) is 0 Å². The number of hydrogen-bond acceptors (Lipinski definition) is 32. The average molecular weight is 1690 g/mol. The molecule has 35 nitrogen and oxygen atoms in total.